The average molecular weight is 269 g/mol. The molecule has 0 unspecified atom stereocenters. The van der Waals surface area contributed by atoms with Crippen molar-refractivity contribution in [2.75, 3.05) is 0 Å². The molecule has 106 valence electrons. The maximum atomic E-state index is 2.27. The average Bonchev–Trinajstić information content (AvgIpc) is 2.35. The van der Waals surface area contributed by atoms with Crippen LogP contribution in [0, 0.1) is 6.92 Å². The van der Waals surface area contributed by atoms with Crippen molar-refractivity contribution in [3.05, 3.63) is 35.9 Å². The van der Waals surface area contributed by atoms with Gasteiger partial charge in [-0.3, -0.25) is 0 Å². The van der Waals surface area contributed by atoms with Crippen molar-refractivity contribution in [1.29, 1.82) is 0 Å². The van der Waals surface area contributed by atoms with Gasteiger partial charge in [-0.2, -0.15) is 13.5 Å². The summed E-state index contributed by atoms with van der Waals surface area (Å²) in [5.41, 5.74) is 1.32. The first-order chi connectivity index (χ1) is 8.31. The molecule has 1 aromatic rings. The molecule has 0 nitrogen and oxygen atoms in total. The molecule has 0 aliphatic heterocycles. The van der Waals surface area contributed by atoms with Crippen molar-refractivity contribution in [1.82, 2.24) is 0 Å². The molecule has 1 heteroatoms. The monoisotopic (exact) mass is 268 g/mol. The van der Waals surface area contributed by atoms with Crippen LogP contribution in [0.15, 0.2) is 30.3 Å². The quantitative estimate of drug-likeness (QED) is 0.512. The summed E-state index contributed by atoms with van der Waals surface area (Å²) >= 11 is 0. The van der Waals surface area contributed by atoms with Gasteiger partial charge in [-0.25, -0.2) is 0 Å². The minimum absolute atomic E-state index is 0. The Balaban J connectivity index is 0. The van der Waals surface area contributed by atoms with Crippen LogP contribution in [0.5, 0.6) is 0 Å². The molecule has 0 aromatic heterocycles. The van der Waals surface area contributed by atoms with Crippen LogP contribution in [0.4, 0.5) is 0 Å². The standard InChI is InChI=1S/C10H22.C7H8.H2S/c1-3-5-7-9-10-8-6-4-2;1-7-5-3-2-4-6-7;/h3-10H2,1-2H3;2-6H,1H3;1H2. The van der Waals surface area contributed by atoms with Crippen molar-refractivity contribution in [3.8, 4) is 0 Å². The molecule has 1 rings (SSSR count). The van der Waals surface area contributed by atoms with E-state index in [1.54, 1.807) is 0 Å². The van der Waals surface area contributed by atoms with Crippen LogP contribution in [0.1, 0.15) is 70.8 Å². The number of hydrogen-bond donors (Lipinski definition) is 0. The SMILES string of the molecule is CCCCCCCCCC.Cc1ccccc1.S. The predicted molar refractivity (Wildman–Crippen MR) is 89.8 cm³/mol. The summed E-state index contributed by atoms with van der Waals surface area (Å²) in [6, 6.07) is 10.3. The highest BCUT2D eigenvalue weighted by molar-refractivity contribution is 7.59. The third kappa shape index (κ3) is 15.6. The first kappa shape index (κ1) is 19.9. The maximum absolute atomic E-state index is 2.27. The van der Waals surface area contributed by atoms with Crippen LogP contribution < -0.4 is 0 Å². The number of rotatable bonds is 7. The number of aryl methyl sites for hydroxylation is 1. The summed E-state index contributed by atoms with van der Waals surface area (Å²) in [5.74, 6) is 0. The van der Waals surface area contributed by atoms with Crippen molar-refractivity contribution in [2.24, 2.45) is 0 Å². The highest BCUT2D eigenvalue weighted by Crippen LogP contribution is 2.07. The van der Waals surface area contributed by atoms with Crippen LogP contribution in [-0.4, -0.2) is 0 Å². The lowest BCUT2D eigenvalue weighted by Gasteiger charge is -1.97. The van der Waals surface area contributed by atoms with E-state index in [9.17, 15) is 0 Å². The summed E-state index contributed by atoms with van der Waals surface area (Å²) in [6.45, 7) is 6.62. The van der Waals surface area contributed by atoms with E-state index in [4.69, 9.17) is 0 Å². The van der Waals surface area contributed by atoms with E-state index in [0.29, 0.717) is 0 Å². The third-order valence-electron chi connectivity index (χ3n) is 2.90. The molecule has 0 bridgehead atoms. The lowest BCUT2D eigenvalue weighted by molar-refractivity contribution is 0.585. The van der Waals surface area contributed by atoms with Gasteiger partial charge in [-0.15, -0.1) is 0 Å². The molecule has 0 aliphatic rings. The van der Waals surface area contributed by atoms with Gasteiger partial charge in [0, 0.05) is 0 Å². The van der Waals surface area contributed by atoms with Gasteiger partial charge in [0.05, 0.1) is 0 Å². The summed E-state index contributed by atoms with van der Waals surface area (Å²) in [7, 11) is 0. The lowest BCUT2D eigenvalue weighted by Crippen LogP contribution is -1.77. The second-order valence-corrected chi connectivity index (χ2v) is 4.78. The topological polar surface area (TPSA) is 0 Å². The fourth-order valence-electron chi connectivity index (χ4n) is 1.74. The molecule has 0 spiro atoms. The molecule has 0 saturated heterocycles. The molecule has 0 radical (unpaired) electrons. The second-order valence-electron chi connectivity index (χ2n) is 4.78. The minimum Gasteiger partial charge on any atom is -0.197 e. The van der Waals surface area contributed by atoms with E-state index in [-0.39, 0.29) is 13.5 Å². The number of benzene rings is 1. The summed E-state index contributed by atoms with van der Waals surface area (Å²) in [5, 5.41) is 0. The van der Waals surface area contributed by atoms with E-state index in [2.05, 4.69) is 32.9 Å². The Morgan fingerprint density at radius 1 is 0.667 bits per heavy atom. The zero-order valence-electron chi connectivity index (χ0n) is 12.5. The summed E-state index contributed by atoms with van der Waals surface area (Å²) < 4.78 is 0. The first-order valence-electron chi connectivity index (χ1n) is 7.32. The zero-order chi connectivity index (χ0) is 12.8. The van der Waals surface area contributed by atoms with E-state index in [1.807, 2.05) is 18.2 Å². The first-order valence-corrected chi connectivity index (χ1v) is 7.32. The third-order valence-corrected chi connectivity index (χ3v) is 2.90. The minimum atomic E-state index is 0. The Kier molecular flexibility index (Phi) is 18.3. The van der Waals surface area contributed by atoms with E-state index < -0.39 is 0 Å². The van der Waals surface area contributed by atoms with Crippen molar-refractivity contribution < 1.29 is 0 Å². The Morgan fingerprint density at radius 2 is 1.06 bits per heavy atom. The molecule has 0 saturated carbocycles. The van der Waals surface area contributed by atoms with Crippen LogP contribution in [0.25, 0.3) is 0 Å². The molecular formula is C17H32S. The largest absolute Gasteiger partial charge is 0.197 e. The van der Waals surface area contributed by atoms with Crippen molar-refractivity contribution >= 4 is 13.5 Å². The molecule has 0 heterocycles. The van der Waals surface area contributed by atoms with Gasteiger partial charge in [0.1, 0.15) is 0 Å². The molecule has 0 atom stereocenters. The zero-order valence-corrected chi connectivity index (χ0v) is 13.5. The fraction of sp³-hybridized carbons (Fsp3) is 0.647. The number of unbranched alkanes of at least 4 members (excludes halogenated alkanes) is 7. The molecule has 18 heavy (non-hydrogen) atoms. The summed E-state index contributed by atoms with van der Waals surface area (Å²) in [4.78, 5) is 0. The highest BCUT2D eigenvalue weighted by atomic mass is 32.1. The Labute approximate surface area is 122 Å². The van der Waals surface area contributed by atoms with Crippen LogP contribution in [0.3, 0.4) is 0 Å². The molecule has 0 aliphatic carbocycles. The Hall–Kier alpha value is -0.430. The summed E-state index contributed by atoms with van der Waals surface area (Å²) in [6.07, 6.45) is 11.5. The molecule has 0 N–H and O–H groups in total. The van der Waals surface area contributed by atoms with Crippen LogP contribution >= 0.6 is 13.5 Å². The maximum Gasteiger partial charge on any atom is -0.0398 e. The fourth-order valence-corrected chi connectivity index (χ4v) is 1.74. The van der Waals surface area contributed by atoms with Crippen LogP contribution in [0.2, 0.25) is 0 Å². The van der Waals surface area contributed by atoms with Gasteiger partial charge in [-0.05, 0) is 6.92 Å². The predicted octanol–water partition coefficient (Wildman–Crippen LogP) is 6.25. The van der Waals surface area contributed by atoms with Gasteiger partial charge >= 0.3 is 0 Å². The molecule has 0 amide bonds. The second kappa shape index (κ2) is 16.6. The molecular weight excluding hydrogens is 236 g/mol. The van der Waals surface area contributed by atoms with Crippen molar-refractivity contribution in [3.63, 3.8) is 0 Å². The lowest BCUT2D eigenvalue weighted by atomic mass is 10.1. The normalized spacial score (nSPS) is 9.06. The highest BCUT2D eigenvalue weighted by Gasteiger charge is 1.87. The van der Waals surface area contributed by atoms with Crippen LogP contribution in [-0.2, 0) is 0 Å². The van der Waals surface area contributed by atoms with Gasteiger partial charge in [-0.1, -0.05) is 101 Å². The van der Waals surface area contributed by atoms with E-state index in [1.165, 1.54) is 56.9 Å². The van der Waals surface area contributed by atoms with E-state index >= 15 is 0 Å². The van der Waals surface area contributed by atoms with Crippen molar-refractivity contribution in [2.45, 2.75) is 72.1 Å². The molecule has 1 aromatic carbocycles. The smallest absolute Gasteiger partial charge is 0.0398 e. The number of hydrogen-bond acceptors (Lipinski definition) is 0. The van der Waals surface area contributed by atoms with Gasteiger partial charge in [0.25, 0.3) is 0 Å². The van der Waals surface area contributed by atoms with Gasteiger partial charge in [0.2, 0.25) is 0 Å². The van der Waals surface area contributed by atoms with Gasteiger partial charge in [0.15, 0.2) is 0 Å². The molecule has 0 fully saturated rings. The Bertz CT molecular complexity index is 223. The van der Waals surface area contributed by atoms with E-state index in [0.717, 1.165) is 0 Å². The Morgan fingerprint density at radius 3 is 1.33 bits per heavy atom. The van der Waals surface area contributed by atoms with Gasteiger partial charge < -0.3 is 0 Å².